The maximum absolute atomic E-state index is 12.5. The van der Waals surface area contributed by atoms with Crippen molar-refractivity contribution in [3.8, 4) is 0 Å². The smallest absolute Gasteiger partial charge is 0.409 e. The lowest BCUT2D eigenvalue weighted by Gasteiger charge is -2.33. The highest BCUT2D eigenvalue weighted by atomic mass is 32.2. The van der Waals surface area contributed by atoms with E-state index in [1.54, 1.807) is 28.5 Å². The Morgan fingerprint density at radius 2 is 1.65 bits per heavy atom. The van der Waals surface area contributed by atoms with Gasteiger partial charge in [0.25, 0.3) is 0 Å². The summed E-state index contributed by atoms with van der Waals surface area (Å²) in [5.74, 6) is 1.77. The SMILES string of the molecule is CCOC(=O)N1CCN(C(=O)CSc2nnc(SCc3ccc(C(C)C)cc3)s2)CC1. The van der Waals surface area contributed by atoms with Crippen LogP contribution in [0.5, 0.6) is 0 Å². The molecule has 0 bridgehead atoms. The third-order valence-corrected chi connectivity index (χ3v) is 8.12. The molecule has 0 saturated carbocycles. The average Bonchev–Trinajstić information content (AvgIpc) is 3.24. The molecule has 1 saturated heterocycles. The quantitative estimate of drug-likeness (QED) is 0.520. The lowest BCUT2D eigenvalue weighted by atomic mass is 10.0. The van der Waals surface area contributed by atoms with Gasteiger partial charge in [-0.05, 0) is 24.0 Å². The normalized spacial score (nSPS) is 14.2. The average molecular weight is 481 g/mol. The fourth-order valence-electron chi connectivity index (χ4n) is 3.03. The van der Waals surface area contributed by atoms with Crippen LogP contribution >= 0.6 is 34.9 Å². The number of rotatable bonds is 8. The van der Waals surface area contributed by atoms with Crippen LogP contribution in [0.25, 0.3) is 0 Å². The minimum atomic E-state index is -0.307. The number of thioether (sulfide) groups is 2. The third kappa shape index (κ3) is 7.11. The van der Waals surface area contributed by atoms with Gasteiger partial charge in [-0.1, -0.05) is 73.0 Å². The number of amides is 2. The number of piperazine rings is 1. The standard InChI is InChI=1S/C21H28N4O3S3/c1-4-28-21(27)25-11-9-24(10-12-25)18(26)14-30-20-23-22-19(31-20)29-13-16-5-7-17(8-6-16)15(2)3/h5-8,15H,4,9-14H2,1-3H3. The molecule has 2 heterocycles. The Balaban J connectivity index is 1.40. The topological polar surface area (TPSA) is 75.6 Å². The highest BCUT2D eigenvalue weighted by Gasteiger charge is 2.25. The van der Waals surface area contributed by atoms with E-state index in [1.807, 2.05) is 0 Å². The molecule has 0 radical (unpaired) electrons. The van der Waals surface area contributed by atoms with E-state index in [4.69, 9.17) is 4.74 Å². The van der Waals surface area contributed by atoms with Crippen molar-refractivity contribution in [2.24, 2.45) is 0 Å². The predicted molar refractivity (Wildman–Crippen MR) is 126 cm³/mol. The first-order chi connectivity index (χ1) is 15.0. The van der Waals surface area contributed by atoms with Crippen LogP contribution in [-0.4, -0.2) is 70.5 Å². The minimum Gasteiger partial charge on any atom is -0.450 e. The van der Waals surface area contributed by atoms with E-state index in [0.717, 1.165) is 14.4 Å². The lowest BCUT2D eigenvalue weighted by Crippen LogP contribution is -2.51. The maximum Gasteiger partial charge on any atom is 0.409 e. The highest BCUT2D eigenvalue weighted by molar-refractivity contribution is 8.03. The van der Waals surface area contributed by atoms with E-state index in [2.05, 4.69) is 48.3 Å². The molecule has 0 aliphatic carbocycles. The molecule has 0 unspecified atom stereocenters. The molecule has 0 N–H and O–H groups in total. The van der Waals surface area contributed by atoms with Crippen LogP contribution in [0.2, 0.25) is 0 Å². The van der Waals surface area contributed by atoms with Crippen molar-refractivity contribution in [1.29, 1.82) is 0 Å². The molecule has 1 fully saturated rings. The van der Waals surface area contributed by atoms with Crippen LogP contribution < -0.4 is 0 Å². The van der Waals surface area contributed by atoms with Crippen molar-refractivity contribution in [3.05, 3.63) is 35.4 Å². The summed E-state index contributed by atoms with van der Waals surface area (Å²) in [6, 6.07) is 8.69. The van der Waals surface area contributed by atoms with E-state index < -0.39 is 0 Å². The Hall–Kier alpha value is -1.78. The number of ether oxygens (including phenoxy) is 1. The van der Waals surface area contributed by atoms with Gasteiger partial charge in [0, 0.05) is 31.9 Å². The van der Waals surface area contributed by atoms with Gasteiger partial charge in [-0.2, -0.15) is 0 Å². The molecular formula is C21H28N4O3S3. The van der Waals surface area contributed by atoms with Gasteiger partial charge in [-0.3, -0.25) is 4.79 Å². The molecule has 10 heteroatoms. The molecule has 31 heavy (non-hydrogen) atoms. The van der Waals surface area contributed by atoms with Gasteiger partial charge in [0.15, 0.2) is 8.68 Å². The number of carbonyl (C=O) groups is 2. The Morgan fingerprint density at radius 1 is 1.03 bits per heavy atom. The van der Waals surface area contributed by atoms with Crippen LogP contribution in [0, 0.1) is 0 Å². The number of hydrogen-bond donors (Lipinski definition) is 0. The number of carbonyl (C=O) groups excluding carboxylic acids is 2. The number of nitrogens with zero attached hydrogens (tertiary/aromatic N) is 4. The number of benzene rings is 1. The first-order valence-corrected chi connectivity index (χ1v) is 13.1. The Kier molecular flexibility index (Phi) is 9.03. The van der Waals surface area contributed by atoms with Crippen LogP contribution in [0.1, 0.15) is 37.8 Å². The number of hydrogen-bond acceptors (Lipinski definition) is 8. The zero-order valence-corrected chi connectivity index (χ0v) is 20.5. The second kappa shape index (κ2) is 11.7. The van der Waals surface area contributed by atoms with E-state index in [9.17, 15) is 9.59 Å². The fourth-order valence-corrected chi connectivity index (χ4v) is 5.90. The van der Waals surface area contributed by atoms with Crippen molar-refractivity contribution >= 4 is 46.9 Å². The van der Waals surface area contributed by atoms with E-state index in [0.29, 0.717) is 44.5 Å². The van der Waals surface area contributed by atoms with Crippen molar-refractivity contribution < 1.29 is 14.3 Å². The summed E-state index contributed by atoms with van der Waals surface area (Å²) in [7, 11) is 0. The van der Waals surface area contributed by atoms with Crippen molar-refractivity contribution in [1.82, 2.24) is 20.0 Å². The third-order valence-electron chi connectivity index (χ3n) is 4.87. The Labute approximate surface area is 195 Å². The van der Waals surface area contributed by atoms with Crippen LogP contribution in [0.4, 0.5) is 4.79 Å². The van der Waals surface area contributed by atoms with Gasteiger partial charge in [0.1, 0.15) is 0 Å². The van der Waals surface area contributed by atoms with Gasteiger partial charge in [0.05, 0.1) is 12.4 Å². The van der Waals surface area contributed by atoms with Gasteiger partial charge >= 0.3 is 6.09 Å². The van der Waals surface area contributed by atoms with Crippen LogP contribution in [-0.2, 0) is 15.3 Å². The van der Waals surface area contributed by atoms with E-state index in [-0.39, 0.29) is 12.0 Å². The number of aromatic nitrogens is 2. The summed E-state index contributed by atoms with van der Waals surface area (Å²) < 4.78 is 6.72. The predicted octanol–water partition coefficient (Wildman–Crippen LogP) is 4.35. The molecule has 1 aliphatic rings. The molecule has 1 aromatic heterocycles. The lowest BCUT2D eigenvalue weighted by molar-refractivity contribution is -0.129. The summed E-state index contributed by atoms with van der Waals surface area (Å²) in [6.45, 7) is 8.62. The zero-order chi connectivity index (χ0) is 22.2. The molecule has 0 spiro atoms. The van der Waals surface area contributed by atoms with E-state index in [1.165, 1.54) is 34.2 Å². The summed E-state index contributed by atoms with van der Waals surface area (Å²) in [5, 5.41) is 8.45. The second-order valence-electron chi connectivity index (χ2n) is 7.37. The molecular weight excluding hydrogens is 452 g/mol. The zero-order valence-electron chi connectivity index (χ0n) is 18.1. The monoisotopic (exact) mass is 480 g/mol. The fraction of sp³-hybridized carbons (Fsp3) is 0.524. The van der Waals surface area contributed by atoms with Crippen LogP contribution in [0.15, 0.2) is 32.9 Å². The van der Waals surface area contributed by atoms with Gasteiger partial charge in [-0.15, -0.1) is 10.2 Å². The van der Waals surface area contributed by atoms with Gasteiger partial charge in [-0.25, -0.2) is 4.79 Å². The maximum atomic E-state index is 12.5. The van der Waals surface area contributed by atoms with E-state index >= 15 is 0 Å². The van der Waals surface area contributed by atoms with Gasteiger partial charge in [0.2, 0.25) is 5.91 Å². The molecule has 1 aliphatic heterocycles. The van der Waals surface area contributed by atoms with Crippen molar-refractivity contribution in [3.63, 3.8) is 0 Å². The Morgan fingerprint density at radius 3 is 2.26 bits per heavy atom. The molecule has 3 rings (SSSR count). The largest absolute Gasteiger partial charge is 0.450 e. The molecule has 0 atom stereocenters. The second-order valence-corrected chi connectivity index (χ2v) is 10.8. The summed E-state index contributed by atoms with van der Waals surface area (Å²) >= 11 is 4.61. The Bertz CT molecular complexity index is 865. The van der Waals surface area contributed by atoms with Crippen LogP contribution in [0.3, 0.4) is 0 Å². The molecule has 1 aromatic carbocycles. The molecule has 2 aromatic rings. The summed E-state index contributed by atoms with van der Waals surface area (Å²) in [5.41, 5.74) is 2.60. The van der Waals surface area contributed by atoms with Gasteiger partial charge < -0.3 is 14.5 Å². The first kappa shape index (κ1) is 23.9. The molecule has 168 valence electrons. The summed E-state index contributed by atoms with van der Waals surface area (Å²) in [6.07, 6.45) is -0.307. The van der Waals surface area contributed by atoms with Crippen molar-refractivity contribution in [2.75, 3.05) is 38.5 Å². The summed E-state index contributed by atoms with van der Waals surface area (Å²) in [4.78, 5) is 27.7. The van der Waals surface area contributed by atoms with Crippen molar-refractivity contribution in [2.45, 2.75) is 41.1 Å². The highest BCUT2D eigenvalue weighted by Crippen LogP contribution is 2.31. The first-order valence-electron chi connectivity index (χ1n) is 10.3. The molecule has 7 nitrogen and oxygen atoms in total. The minimum absolute atomic E-state index is 0.0585. The molecule has 2 amide bonds.